The van der Waals surface area contributed by atoms with Gasteiger partial charge in [-0.25, -0.2) is 72.3 Å². The van der Waals surface area contributed by atoms with Gasteiger partial charge in [0.25, 0.3) is 22.2 Å². The number of nitrogen functional groups attached to an aromatic ring is 1. The van der Waals surface area contributed by atoms with E-state index in [1.807, 2.05) is 182 Å². The molecule has 0 radical (unpaired) electrons. The number of ether oxygens (including phenoxy) is 2. The smallest absolute Gasteiger partial charge is 0.444 e. The number of fused-ring (bicyclic) bond motifs is 7. The number of nitrogens with two attached hydrogens (primary N) is 1. The number of nitrogens with one attached hydrogen (secondary N) is 4. The number of anilines is 5. The second kappa shape index (κ2) is 43.4. The molecule has 7 aromatic carbocycles. The Bertz CT molecular complexity index is 7440. The van der Waals surface area contributed by atoms with Crippen LogP contribution in [0.25, 0.3) is 61.2 Å². The molecule has 0 saturated carbocycles. The van der Waals surface area contributed by atoms with Crippen molar-refractivity contribution in [3.8, 4) is 41.3 Å². The molecule has 3 aliphatic heterocycles. The zero-order chi connectivity index (χ0) is 99.3. The van der Waals surface area contributed by atoms with Crippen molar-refractivity contribution in [1.29, 1.82) is 21.0 Å². The summed E-state index contributed by atoms with van der Waals surface area (Å²) in [6, 6.07) is 53.5. The van der Waals surface area contributed by atoms with Gasteiger partial charge in [0.15, 0.2) is 32.9 Å². The summed E-state index contributed by atoms with van der Waals surface area (Å²) in [5, 5.41) is 69.1. The van der Waals surface area contributed by atoms with Crippen LogP contribution in [0.2, 0.25) is 0 Å². The number of aromatic nitrogens is 16. The second-order valence-corrected chi connectivity index (χ2v) is 37.2. The molecule has 138 heavy (non-hydrogen) atoms. The average Bonchev–Trinajstić information content (AvgIpc) is 1.60. The molecule has 11 heterocycles. The number of nitrogens with zero attached hydrogens (tertiary/aromatic N) is 21. The van der Waals surface area contributed by atoms with Crippen LogP contribution in [0.15, 0.2) is 206 Å². The highest BCUT2D eigenvalue weighted by atomic mass is 32.2. The zero-order valence-electron chi connectivity index (χ0n) is 79.4. The largest absolute Gasteiger partial charge is 0.488 e. The summed E-state index contributed by atoms with van der Waals surface area (Å²) >= 11 is 2.88. The van der Waals surface area contributed by atoms with Crippen LogP contribution < -0.4 is 49.4 Å². The van der Waals surface area contributed by atoms with E-state index in [2.05, 4.69) is 81.3 Å². The molecule has 0 bridgehead atoms. The molecule has 0 spiro atoms. The van der Waals surface area contributed by atoms with Gasteiger partial charge in [-0.2, -0.15) is 31.0 Å². The highest BCUT2D eigenvalue weighted by molar-refractivity contribution is 7.98. The Morgan fingerprint density at radius 2 is 0.833 bits per heavy atom. The molecule has 0 aliphatic carbocycles. The van der Waals surface area contributed by atoms with Gasteiger partial charge in [-0.1, -0.05) is 53.9 Å². The fourth-order valence-electron chi connectivity index (χ4n) is 15.5. The monoisotopic (exact) mass is 1890 g/mol. The van der Waals surface area contributed by atoms with Gasteiger partial charge in [0.2, 0.25) is 11.9 Å². The minimum absolute atomic E-state index is 0.0370. The van der Waals surface area contributed by atoms with Crippen molar-refractivity contribution in [3.63, 3.8) is 0 Å². The number of benzene rings is 7. The molecule has 2 amide bonds. The summed E-state index contributed by atoms with van der Waals surface area (Å²) in [4.78, 5) is 114. The van der Waals surface area contributed by atoms with E-state index in [4.69, 9.17) is 51.0 Å². The second-order valence-electron chi connectivity index (χ2n) is 35.7. The molecular weight excluding hydrogens is 1790 g/mol. The van der Waals surface area contributed by atoms with Gasteiger partial charge in [0, 0.05) is 98.7 Å². The third kappa shape index (κ3) is 23.5. The van der Waals surface area contributed by atoms with Crippen molar-refractivity contribution in [2.24, 2.45) is 0 Å². The Hall–Kier alpha value is -15.5. The highest BCUT2D eigenvalue weighted by Gasteiger charge is 2.30. The van der Waals surface area contributed by atoms with Crippen molar-refractivity contribution in [2.75, 3.05) is 48.5 Å². The van der Waals surface area contributed by atoms with Crippen LogP contribution in [0.1, 0.15) is 177 Å². The summed E-state index contributed by atoms with van der Waals surface area (Å²) < 4.78 is 22.8. The van der Waals surface area contributed by atoms with Crippen LogP contribution in [-0.4, -0.2) is 160 Å². The molecule has 39 heteroatoms. The van der Waals surface area contributed by atoms with Gasteiger partial charge < -0.3 is 51.0 Å². The molecule has 18 rings (SSSR count). The lowest BCUT2D eigenvalue weighted by Crippen LogP contribution is -2.39. The van der Waals surface area contributed by atoms with E-state index in [1.54, 1.807) is 116 Å². The number of hydrogen-bond donors (Lipinski definition) is 7. The molecule has 8 aromatic heterocycles. The quantitative estimate of drug-likeness (QED) is 0.0230. The first-order valence-corrected chi connectivity index (χ1v) is 47.1. The van der Waals surface area contributed by atoms with Crippen LogP contribution in [0.5, 0.6) is 0 Å². The number of nitriles is 4. The number of aromatic amines is 1. The van der Waals surface area contributed by atoms with E-state index >= 15 is 0 Å². The third-order valence-electron chi connectivity index (χ3n) is 22.1. The molecular formula is C99H107BN26O10S2. The molecule has 8 N–H and O–H groups in total. The molecule has 0 atom stereocenters. The Morgan fingerprint density at radius 1 is 0.457 bits per heavy atom. The van der Waals surface area contributed by atoms with Gasteiger partial charge in [0.1, 0.15) is 32.7 Å². The summed E-state index contributed by atoms with van der Waals surface area (Å²) in [6.45, 7) is 31.0. The van der Waals surface area contributed by atoms with E-state index in [0.717, 1.165) is 76.7 Å². The normalized spacial score (nSPS) is 12.6. The fourth-order valence-corrected chi connectivity index (χ4v) is 16.1. The summed E-state index contributed by atoms with van der Waals surface area (Å²) in [5.74, 6) is 0.779. The minimum Gasteiger partial charge on any atom is -0.444 e. The third-order valence-corrected chi connectivity index (χ3v) is 23.2. The number of carbonyl (C=O) groups is 2. The minimum atomic E-state index is -1.46. The first kappa shape index (κ1) is 99.9. The Balaban J connectivity index is 0.000000146. The van der Waals surface area contributed by atoms with E-state index in [9.17, 15) is 34.0 Å². The molecule has 0 fully saturated rings. The molecule has 36 nitrogen and oxygen atoms in total. The Labute approximate surface area is 804 Å². The molecule has 0 saturated heterocycles. The maximum atomic E-state index is 13.2. The first-order valence-electron chi connectivity index (χ1n) is 44.6. The topological polar surface area (TPSA) is 479 Å². The van der Waals surface area contributed by atoms with Gasteiger partial charge in [-0.15, -0.1) is 0 Å². The van der Waals surface area contributed by atoms with E-state index in [1.165, 1.54) is 64.5 Å². The van der Waals surface area contributed by atoms with Gasteiger partial charge in [-0.05, 0) is 295 Å². The van der Waals surface area contributed by atoms with Crippen LogP contribution in [-0.2, 0) is 48.4 Å². The van der Waals surface area contributed by atoms with Crippen LogP contribution in [0.4, 0.5) is 38.5 Å². The standard InChI is InChI=1S/C29H31N7O3.C24H23N7O.C16H15N5OS.C14H20N2O2.C9H12N4OS.C7H6BNO2/c1-18(2)35-26(37)24-16-31-27(33-25(24)36(35)23-10-6-19(15-30)7-11-23)32-22-9-8-21-17-34(13-12-20(21)14-22)28(38)39-29(3,4)5;1-15(2)30-23(32)21-14-27-24(28-19-6-5-17-9-10-26-13-18(17)11-19)29-22(21)31(30)20-7-3-16(12-25)4-8-20;1-10(2)20-15(22)13-9-18-16(23-3)19-14(13)21(20)12-6-4-11(8-17)5-7-12;1-14(2,3)18-13(17)16-7-6-10-8-12(15)5-4-11(10)9-16;1-5(2)13-8(14)6-4-10-9(15-3)11-7(6)12-13;9-5-6-1-3-7(4-2-6)8(10)11/h6-11,14,16,18H,12-13,17H2,1-5H3,(H,31,32,33);3-8,11,14-15,26H,9-10,13H2,1-2H3,(H,27,28,29);4-7,9-10H,1-3H3;4-5,8H,6-7,9,15H2,1-3H3;4-5H,1-3H3,(H,10,11,12);1-4,10-11H. The summed E-state index contributed by atoms with van der Waals surface area (Å²) in [6.07, 6.45) is 12.1. The predicted molar refractivity (Wildman–Crippen MR) is 534 cm³/mol. The van der Waals surface area contributed by atoms with Crippen LogP contribution in [0, 0.1) is 45.3 Å². The molecule has 3 aliphatic rings. The molecule has 15 aromatic rings. The lowest BCUT2D eigenvalue weighted by atomic mass is 9.80. The van der Waals surface area contributed by atoms with Crippen molar-refractivity contribution in [3.05, 3.63) is 273 Å². The lowest BCUT2D eigenvalue weighted by Gasteiger charge is -2.31. The SMILES string of the molecule is CC(C)(C)OC(=O)N1CCc2cc(N)ccc2C1.CC(C)n1c(=O)c2cnc(Nc3ccc4c(c3)CCN(C(=O)OC(C)(C)C)C4)nc2n1-c1ccc(C#N)cc1.CC(C)n1c(=O)c2cnc(Nc3ccc4c(c3)CNCC4)nc2n1-c1ccc(C#N)cc1.CSc1ncc2c(=O)n(C(C)C)[nH]c2n1.CSc1ncc2c(=O)n(C(C)C)n(-c3ccc(C#N)cc3)c2n1.N#Cc1ccc(B(O)O)cc1. The van der Waals surface area contributed by atoms with E-state index in [-0.39, 0.29) is 58.6 Å². The fraction of sp³-hybridized carbons (Fsp3) is 0.313. The highest BCUT2D eigenvalue weighted by Crippen LogP contribution is 2.31. The molecule has 0 unspecified atom stereocenters. The Morgan fingerprint density at radius 3 is 1.23 bits per heavy atom. The maximum Gasteiger partial charge on any atom is 0.488 e. The average molecular weight is 1900 g/mol. The van der Waals surface area contributed by atoms with Gasteiger partial charge in [0.05, 0.1) is 63.6 Å². The van der Waals surface area contributed by atoms with Crippen LogP contribution in [0.3, 0.4) is 0 Å². The van der Waals surface area contributed by atoms with Crippen molar-refractivity contribution in [1.82, 2.24) is 92.9 Å². The number of rotatable bonds is 14. The molecule has 708 valence electrons. The summed E-state index contributed by atoms with van der Waals surface area (Å²) in [7, 11) is -1.46. The van der Waals surface area contributed by atoms with E-state index < -0.39 is 18.3 Å². The van der Waals surface area contributed by atoms with Crippen molar-refractivity contribution in [2.45, 2.75) is 182 Å². The van der Waals surface area contributed by atoms with E-state index in [0.29, 0.717) is 127 Å². The lowest BCUT2D eigenvalue weighted by molar-refractivity contribution is 0.0214. The van der Waals surface area contributed by atoms with Gasteiger partial charge in [-0.3, -0.25) is 24.3 Å². The van der Waals surface area contributed by atoms with Crippen LogP contribution >= 0.6 is 23.5 Å². The predicted octanol–water partition coefficient (Wildman–Crippen LogP) is 14.5. The maximum absolute atomic E-state index is 13.2. The number of H-pyrrole nitrogens is 1. The Kier molecular flexibility index (Phi) is 31.5. The number of carbonyl (C=O) groups excluding carboxylic acids is 2. The summed E-state index contributed by atoms with van der Waals surface area (Å²) in [5.41, 5.74) is 21.0. The zero-order valence-corrected chi connectivity index (χ0v) is 81.1. The first-order chi connectivity index (χ1) is 65.9. The number of thioether (sulfide) groups is 2. The number of hydrogen-bond acceptors (Lipinski definition) is 28. The van der Waals surface area contributed by atoms with Gasteiger partial charge >= 0.3 is 19.3 Å². The van der Waals surface area contributed by atoms with Crippen molar-refractivity contribution < 1.29 is 29.1 Å². The van der Waals surface area contributed by atoms with Crippen molar-refractivity contribution >= 4 is 121 Å². The number of amides is 2.